The number of hydrogen-bond donors (Lipinski definition) is 1. The first-order valence-corrected chi connectivity index (χ1v) is 7.24. The molecule has 1 aromatic carbocycles. The largest absolute Gasteiger partial charge is 0.458 e. The fourth-order valence-electron chi connectivity index (χ4n) is 1.11. The first kappa shape index (κ1) is 14.8. The van der Waals surface area contributed by atoms with Crippen molar-refractivity contribution in [3.05, 3.63) is 28.2 Å². The molecule has 1 N–H and O–H groups in total. The SMILES string of the molecule is COP(=O)(NC(C)C)Oc1ccc(Cl)cc1Cl. The summed E-state index contributed by atoms with van der Waals surface area (Å²) in [7, 11) is -2.09. The average Bonchev–Trinajstić information content (AvgIpc) is 2.21. The fraction of sp³-hybridized carbons (Fsp3) is 0.400. The lowest BCUT2D eigenvalue weighted by molar-refractivity contribution is 0.305. The first-order valence-electron chi connectivity index (χ1n) is 4.94. The average molecular weight is 298 g/mol. The van der Waals surface area contributed by atoms with Gasteiger partial charge in [0.25, 0.3) is 0 Å². The summed E-state index contributed by atoms with van der Waals surface area (Å²) in [5.74, 6) is 0.259. The molecule has 0 heterocycles. The van der Waals surface area contributed by atoms with Crippen molar-refractivity contribution >= 4 is 30.9 Å². The Hall–Kier alpha value is -0.250. The van der Waals surface area contributed by atoms with E-state index in [2.05, 4.69) is 5.09 Å². The zero-order chi connectivity index (χ0) is 13.1. The lowest BCUT2D eigenvalue weighted by Crippen LogP contribution is -2.23. The minimum atomic E-state index is -3.40. The van der Waals surface area contributed by atoms with Crippen molar-refractivity contribution < 1.29 is 13.6 Å². The second kappa shape index (κ2) is 6.07. The van der Waals surface area contributed by atoms with Crippen LogP contribution in [0.1, 0.15) is 13.8 Å². The van der Waals surface area contributed by atoms with Crippen LogP contribution in [-0.4, -0.2) is 13.2 Å². The minimum Gasteiger partial charge on any atom is -0.412 e. The fourth-order valence-corrected chi connectivity index (χ4v) is 2.90. The molecule has 0 spiro atoms. The predicted octanol–water partition coefficient (Wildman–Crippen LogP) is 4.12. The van der Waals surface area contributed by atoms with Crippen LogP contribution < -0.4 is 9.61 Å². The maximum absolute atomic E-state index is 12.2. The van der Waals surface area contributed by atoms with Crippen LogP contribution in [-0.2, 0) is 9.09 Å². The quantitative estimate of drug-likeness (QED) is 0.830. The molecule has 1 aromatic rings. The summed E-state index contributed by atoms with van der Waals surface area (Å²) < 4.78 is 22.3. The first-order chi connectivity index (χ1) is 7.86. The number of benzene rings is 1. The van der Waals surface area contributed by atoms with Gasteiger partial charge in [0.15, 0.2) is 0 Å². The number of hydrogen-bond acceptors (Lipinski definition) is 3. The Balaban J connectivity index is 2.91. The van der Waals surface area contributed by atoms with E-state index in [-0.39, 0.29) is 16.8 Å². The molecule has 4 nitrogen and oxygen atoms in total. The second-order valence-electron chi connectivity index (χ2n) is 3.63. The maximum atomic E-state index is 12.2. The molecule has 0 aromatic heterocycles. The van der Waals surface area contributed by atoms with Gasteiger partial charge in [0.1, 0.15) is 5.75 Å². The van der Waals surface area contributed by atoms with Crippen molar-refractivity contribution in [2.75, 3.05) is 7.11 Å². The molecule has 1 atom stereocenters. The number of nitrogens with one attached hydrogen (secondary N) is 1. The Morgan fingerprint density at radius 1 is 1.35 bits per heavy atom. The van der Waals surface area contributed by atoms with Crippen molar-refractivity contribution in [2.45, 2.75) is 19.9 Å². The van der Waals surface area contributed by atoms with Gasteiger partial charge in [-0.25, -0.2) is 9.65 Å². The molecule has 7 heteroatoms. The minimum absolute atomic E-state index is 0.0492. The number of rotatable bonds is 5. The number of halogens is 2. The van der Waals surface area contributed by atoms with E-state index in [1.807, 2.05) is 13.8 Å². The molecule has 0 bridgehead atoms. The molecule has 0 radical (unpaired) electrons. The molecular weight excluding hydrogens is 284 g/mol. The van der Waals surface area contributed by atoms with E-state index in [4.69, 9.17) is 32.2 Å². The molecule has 0 aliphatic heterocycles. The highest BCUT2D eigenvalue weighted by Gasteiger charge is 2.26. The van der Waals surface area contributed by atoms with Gasteiger partial charge in [-0.05, 0) is 32.0 Å². The van der Waals surface area contributed by atoms with Crippen molar-refractivity contribution in [3.8, 4) is 5.75 Å². The molecular formula is C10H14Cl2NO3P. The monoisotopic (exact) mass is 297 g/mol. The van der Waals surface area contributed by atoms with E-state index in [1.165, 1.54) is 13.2 Å². The molecule has 96 valence electrons. The normalized spacial score (nSPS) is 14.7. The maximum Gasteiger partial charge on any atom is 0.458 e. The summed E-state index contributed by atoms with van der Waals surface area (Å²) in [6.07, 6.45) is 0. The third kappa shape index (κ3) is 4.49. The molecule has 1 rings (SSSR count). The third-order valence-electron chi connectivity index (χ3n) is 1.77. The van der Waals surface area contributed by atoms with Crippen LogP contribution in [0.4, 0.5) is 0 Å². The molecule has 0 fully saturated rings. The molecule has 0 amide bonds. The van der Waals surface area contributed by atoms with Crippen LogP contribution in [0, 0.1) is 0 Å². The van der Waals surface area contributed by atoms with Gasteiger partial charge in [0.2, 0.25) is 0 Å². The Kier molecular flexibility index (Phi) is 5.29. The topological polar surface area (TPSA) is 47.6 Å². The zero-order valence-electron chi connectivity index (χ0n) is 9.74. The standard InChI is InChI=1S/C10H14Cl2NO3P/c1-7(2)13-17(14,15-3)16-10-5-4-8(11)6-9(10)12/h4-7H,1-3H3,(H,13,14). The molecule has 0 saturated heterocycles. The molecule has 1 unspecified atom stereocenters. The molecule has 0 saturated carbocycles. The Morgan fingerprint density at radius 3 is 2.47 bits per heavy atom. The smallest absolute Gasteiger partial charge is 0.412 e. The van der Waals surface area contributed by atoms with E-state index >= 15 is 0 Å². The van der Waals surface area contributed by atoms with Gasteiger partial charge in [-0.3, -0.25) is 4.52 Å². The van der Waals surface area contributed by atoms with Gasteiger partial charge in [0, 0.05) is 18.2 Å². The van der Waals surface area contributed by atoms with E-state index in [1.54, 1.807) is 12.1 Å². The lowest BCUT2D eigenvalue weighted by Gasteiger charge is -2.20. The van der Waals surface area contributed by atoms with Crippen molar-refractivity contribution in [1.82, 2.24) is 5.09 Å². The van der Waals surface area contributed by atoms with Crippen LogP contribution in [0.2, 0.25) is 10.0 Å². The highest BCUT2D eigenvalue weighted by atomic mass is 35.5. The van der Waals surface area contributed by atoms with E-state index in [9.17, 15) is 4.57 Å². The lowest BCUT2D eigenvalue weighted by atomic mass is 10.3. The van der Waals surface area contributed by atoms with Gasteiger partial charge in [-0.15, -0.1) is 0 Å². The van der Waals surface area contributed by atoms with E-state index in [0.29, 0.717) is 5.02 Å². The Morgan fingerprint density at radius 2 is 2.00 bits per heavy atom. The van der Waals surface area contributed by atoms with Gasteiger partial charge in [-0.2, -0.15) is 0 Å². The van der Waals surface area contributed by atoms with Gasteiger partial charge in [-0.1, -0.05) is 23.2 Å². The van der Waals surface area contributed by atoms with Crippen molar-refractivity contribution in [1.29, 1.82) is 0 Å². The molecule has 0 aliphatic carbocycles. The predicted molar refractivity (Wildman–Crippen MR) is 70.0 cm³/mol. The van der Waals surface area contributed by atoms with Crippen LogP contribution in [0.3, 0.4) is 0 Å². The Bertz CT molecular complexity index is 440. The van der Waals surface area contributed by atoms with E-state index < -0.39 is 7.75 Å². The summed E-state index contributed by atoms with van der Waals surface area (Å²) in [5.41, 5.74) is 0. The van der Waals surface area contributed by atoms with Crippen LogP contribution in [0.15, 0.2) is 18.2 Å². The van der Waals surface area contributed by atoms with Gasteiger partial charge in [0.05, 0.1) is 5.02 Å². The van der Waals surface area contributed by atoms with E-state index in [0.717, 1.165) is 0 Å². The van der Waals surface area contributed by atoms with Crippen molar-refractivity contribution in [3.63, 3.8) is 0 Å². The highest BCUT2D eigenvalue weighted by molar-refractivity contribution is 7.52. The van der Waals surface area contributed by atoms with Gasteiger partial charge >= 0.3 is 7.75 Å². The third-order valence-corrected chi connectivity index (χ3v) is 4.05. The highest BCUT2D eigenvalue weighted by Crippen LogP contribution is 2.46. The molecule has 17 heavy (non-hydrogen) atoms. The van der Waals surface area contributed by atoms with Crippen LogP contribution >= 0.6 is 30.9 Å². The van der Waals surface area contributed by atoms with Gasteiger partial charge < -0.3 is 4.52 Å². The summed E-state index contributed by atoms with van der Waals surface area (Å²) in [4.78, 5) is 0. The van der Waals surface area contributed by atoms with Crippen LogP contribution in [0.5, 0.6) is 5.75 Å². The summed E-state index contributed by atoms with van der Waals surface area (Å²) in [5, 5.41) is 3.47. The Labute approximate surface area is 111 Å². The van der Waals surface area contributed by atoms with Crippen molar-refractivity contribution in [2.24, 2.45) is 0 Å². The van der Waals surface area contributed by atoms with Crippen LogP contribution in [0.25, 0.3) is 0 Å². The zero-order valence-corrected chi connectivity index (χ0v) is 12.1. The second-order valence-corrected chi connectivity index (χ2v) is 6.27. The summed E-state index contributed by atoms with van der Waals surface area (Å²) >= 11 is 11.7. The molecule has 0 aliphatic rings. The summed E-state index contributed by atoms with van der Waals surface area (Å²) in [6.45, 7) is 3.66. The summed E-state index contributed by atoms with van der Waals surface area (Å²) in [6, 6.07) is 4.59.